The minimum atomic E-state index is -0.257. The summed E-state index contributed by atoms with van der Waals surface area (Å²) in [5.74, 6) is 1.06. The number of nitrogens with zero attached hydrogens (tertiary/aromatic N) is 1. The van der Waals surface area contributed by atoms with Gasteiger partial charge in [0.25, 0.3) is 0 Å². The van der Waals surface area contributed by atoms with E-state index < -0.39 is 0 Å². The smallest absolute Gasteiger partial charge is 0.243 e. The van der Waals surface area contributed by atoms with Crippen molar-refractivity contribution in [2.75, 3.05) is 11.9 Å². The van der Waals surface area contributed by atoms with Crippen molar-refractivity contribution in [1.29, 1.82) is 0 Å². The van der Waals surface area contributed by atoms with Crippen LogP contribution < -0.4 is 15.4 Å². The zero-order chi connectivity index (χ0) is 17.5. The first-order valence-corrected chi connectivity index (χ1v) is 8.46. The molecule has 25 heavy (non-hydrogen) atoms. The van der Waals surface area contributed by atoms with Crippen LogP contribution in [0.3, 0.4) is 0 Å². The highest BCUT2D eigenvalue weighted by molar-refractivity contribution is 5.94. The van der Waals surface area contributed by atoms with Crippen molar-refractivity contribution in [2.24, 2.45) is 5.92 Å². The minimum Gasteiger partial charge on any atom is -0.457 e. The zero-order valence-electron chi connectivity index (χ0n) is 13.9. The van der Waals surface area contributed by atoms with Gasteiger partial charge < -0.3 is 15.4 Å². The Hall–Kier alpha value is -2.89. The van der Waals surface area contributed by atoms with Crippen LogP contribution in [0.1, 0.15) is 25.7 Å². The topological polar surface area (TPSA) is 80.3 Å². The zero-order valence-corrected chi connectivity index (χ0v) is 13.9. The lowest BCUT2D eigenvalue weighted by molar-refractivity contribution is -0.127. The van der Waals surface area contributed by atoms with E-state index in [1.165, 1.54) is 0 Å². The molecule has 2 amide bonds. The summed E-state index contributed by atoms with van der Waals surface area (Å²) in [4.78, 5) is 27.9. The molecule has 1 aliphatic rings. The summed E-state index contributed by atoms with van der Waals surface area (Å²) in [5, 5.41) is 5.48. The molecular weight excluding hydrogens is 318 g/mol. The molecule has 2 aromatic rings. The Morgan fingerprint density at radius 2 is 1.84 bits per heavy atom. The van der Waals surface area contributed by atoms with Crippen LogP contribution in [0.5, 0.6) is 11.5 Å². The molecule has 1 aromatic heterocycles. The molecule has 0 unspecified atom stereocenters. The number of anilines is 1. The predicted molar refractivity (Wildman–Crippen MR) is 94.4 cm³/mol. The highest BCUT2D eigenvalue weighted by atomic mass is 16.5. The first-order chi connectivity index (χ1) is 12.2. The van der Waals surface area contributed by atoms with Crippen LogP contribution in [0, 0.1) is 5.92 Å². The summed E-state index contributed by atoms with van der Waals surface area (Å²) >= 11 is 0. The second-order valence-electron chi connectivity index (χ2n) is 6.06. The molecule has 0 bridgehead atoms. The van der Waals surface area contributed by atoms with E-state index in [2.05, 4.69) is 15.6 Å². The van der Waals surface area contributed by atoms with E-state index in [0.29, 0.717) is 17.2 Å². The highest BCUT2D eigenvalue weighted by Crippen LogP contribution is 2.25. The van der Waals surface area contributed by atoms with Gasteiger partial charge in [0.05, 0.1) is 6.54 Å². The normalized spacial score (nSPS) is 14.1. The number of benzene rings is 1. The average Bonchev–Trinajstić information content (AvgIpc) is 3.16. The fraction of sp³-hybridized carbons (Fsp3) is 0.316. The Morgan fingerprint density at radius 3 is 2.60 bits per heavy atom. The van der Waals surface area contributed by atoms with Crippen LogP contribution in [-0.4, -0.2) is 23.3 Å². The Bertz CT molecular complexity index is 728. The number of carbonyl (C=O) groups excluding carboxylic acids is 2. The monoisotopic (exact) mass is 339 g/mol. The average molecular weight is 339 g/mol. The number of hydrogen-bond acceptors (Lipinski definition) is 4. The lowest BCUT2D eigenvalue weighted by atomic mass is 10.1. The first-order valence-electron chi connectivity index (χ1n) is 8.46. The fourth-order valence-electron chi connectivity index (χ4n) is 2.88. The molecule has 0 spiro atoms. The maximum absolute atomic E-state index is 12.0. The molecule has 0 saturated heterocycles. The summed E-state index contributed by atoms with van der Waals surface area (Å²) < 4.78 is 5.71. The molecule has 0 atom stereocenters. The molecule has 3 rings (SSSR count). The van der Waals surface area contributed by atoms with Gasteiger partial charge in [-0.15, -0.1) is 0 Å². The summed E-state index contributed by atoms with van der Waals surface area (Å²) in [6.45, 7) is -0.0230. The molecule has 130 valence electrons. The summed E-state index contributed by atoms with van der Waals surface area (Å²) in [6.07, 6.45) is 7.31. The summed E-state index contributed by atoms with van der Waals surface area (Å²) in [7, 11) is 0. The maximum Gasteiger partial charge on any atom is 0.243 e. The predicted octanol–water partition coefficient (Wildman–Crippen LogP) is 3.12. The molecule has 6 heteroatoms. The first kappa shape index (κ1) is 17.0. The minimum absolute atomic E-state index is 0.0230. The molecule has 2 N–H and O–H groups in total. The SMILES string of the molecule is O=C(CNC(=O)C1CCCC1)Nc1cccc(Oc2ccncc2)c1. The molecule has 6 nitrogen and oxygen atoms in total. The number of nitrogens with one attached hydrogen (secondary N) is 2. The van der Waals surface area contributed by atoms with Gasteiger partial charge in [0.1, 0.15) is 11.5 Å². The van der Waals surface area contributed by atoms with Crippen molar-refractivity contribution in [2.45, 2.75) is 25.7 Å². The van der Waals surface area contributed by atoms with Crippen LogP contribution in [0.15, 0.2) is 48.8 Å². The van der Waals surface area contributed by atoms with Gasteiger partial charge in [-0.3, -0.25) is 14.6 Å². The van der Waals surface area contributed by atoms with E-state index in [1.807, 2.05) is 0 Å². The van der Waals surface area contributed by atoms with Gasteiger partial charge in [-0.25, -0.2) is 0 Å². The van der Waals surface area contributed by atoms with Crippen LogP contribution in [0.25, 0.3) is 0 Å². The molecule has 1 fully saturated rings. The van der Waals surface area contributed by atoms with Gasteiger partial charge in [-0.1, -0.05) is 18.9 Å². The van der Waals surface area contributed by atoms with E-state index in [1.54, 1.807) is 48.8 Å². The van der Waals surface area contributed by atoms with Gasteiger partial charge in [-0.2, -0.15) is 0 Å². The van der Waals surface area contributed by atoms with Gasteiger partial charge >= 0.3 is 0 Å². The quantitative estimate of drug-likeness (QED) is 0.847. The third-order valence-electron chi connectivity index (χ3n) is 4.15. The molecule has 0 radical (unpaired) electrons. The number of carbonyl (C=O) groups is 2. The van der Waals surface area contributed by atoms with Crippen molar-refractivity contribution in [3.05, 3.63) is 48.8 Å². The van der Waals surface area contributed by atoms with Crippen LogP contribution in [0.2, 0.25) is 0 Å². The number of pyridine rings is 1. The third kappa shape index (κ3) is 5.04. The molecule has 1 saturated carbocycles. The number of rotatable bonds is 6. The van der Waals surface area contributed by atoms with Crippen LogP contribution in [-0.2, 0) is 9.59 Å². The van der Waals surface area contributed by atoms with E-state index in [4.69, 9.17) is 4.74 Å². The van der Waals surface area contributed by atoms with Gasteiger partial charge in [0.2, 0.25) is 11.8 Å². The second kappa shape index (κ2) is 8.28. The lowest BCUT2D eigenvalue weighted by Gasteiger charge is -2.11. The third-order valence-corrected chi connectivity index (χ3v) is 4.15. The number of hydrogen-bond donors (Lipinski definition) is 2. The van der Waals surface area contributed by atoms with Crippen molar-refractivity contribution >= 4 is 17.5 Å². The number of amides is 2. The van der Waals surface area contributed by atoms with Crippen LogP contribution >= 0.6 is 0 Å². The summed E-state index contributed by atoms with van der Waals surface area (Å²) in [6, 6.07) is 10.6. The Balaban J connectivity index is 1.51. The molecular formula is C19H21N3O3. The van der Waals surface area contributed by atoms with Crippen molar-refractivity contribution in [1.82, 2.24) is 10.3 Å². The lowest BCUT2D eigenvalue weighted by Crippen LogP contribution is -2.36. The summed E-state index contributed by atoms with van der Waals surface area (Å²) in [5.41, 5.74) is 0.617. The fourth-order valence-corrected chi connectivity index (χ4v) is 2.88. The van der Waals surface area contributed by atoms with E-state index in [0.717, 1.165) is 25.7 Å². The molecule has 1 aliphatic carbocycles. The molecule has 0 aliphatic heterocycles. The standard InChI is InChI=1S/C19H21N3O3/c23-18(13-21-19(24)14-4-1-2-5-14)22-15-6-3-7-17(12-15)25-16-8-10-20-11-9-16/h3,6-12,14H,1-2,4-5,13H2,(H,21,24)(H,22,23). The van der Waals surface area contributed by atoms with Gasteiger partial charge in [-0.05, 0) is 37.1 Å². The highest BCUT2D eigenvalue weighted by Gasteiger charge is 2.22. The number of aromatic nitrogens is 1. The molecule has 1 heterocycles. The van der Waals surface area contributed by atoms with Crippen molar-refractivity contribution in [3.8, 4) is 11.5 Å². The number of ether oxygens (including phenoxy) is 1. The van der Waals surface area contributed by atoms with E-state index in [9.17, 15) is 9.59 Å². The van der Waals surface area contributed by atoms with Crippen LogP contribution in [0.4, 0.5) is 5.69 Å². The second-order valence-corrected chi connectivity index (χ2v) is 6.06. The largest absolute Gasteiger partial charge is 0.457 e. The van der Waals surface area contributed by atoms with Crippen molar-refractivity contribution < 1.29 is 14.3 Å². The Kier molecular flexibility index (Phi) is 5.61. The van der Waals surface area contributed by atoms with E-state index >= 15 is 0 Å². The van der Waals surface area contributed by atoms with E-state index in [-0.39, 0.29) is 24.3 Å². The van der Waals surface area contributed by atoms with Gasteiger partial charge in [0.15, 0.2) is 0 Å². The Morgan fingerprint density at radius 1 is 1.08 bits per heavy atom. The van der Waals surface area contributed by atoms with Crippen molar-refractivity contribution in [3.63, 3.8) is 0 Å². The van der Waals surface area contributed by atoms with Gasteiger partial charge in [0, 0.05) is 30.1 Å². The molecule has 1 aromatic carbocycles. The Labute approximate surface area is 146 Å². The maximum atomic E-state index is 12.0.